The van der Waals surface area contributed by atoms with E-state index < -0.39 is 0 Å². The molecule has 0 radical (unpaired) electrons. The van der Waals surface area contributed by atoms with Crippen molar-refractivity contribution in [2.75, 3.05) is 6.54 Å². The molecule has 3 fully saturated rings. The largest absolute Gasteiger partial charge is 0.324 e. The molecule has 2 saturated carbocycles. The van der Waals surface area contributed by atoms with Gasteiger partial charge in [0.2, 0.25) is 5.91 Å². The maximum absolute atomic E-state index is 11.5. The first-order valence-electron chi connectivity index (χ1n) is 5.34. The van der Waals surface area contributed by atoms with Crippen LogP contribution in [0.15, 0.2) is 0 Å². The second-order valence-electron chi connectivity index (χ2n) is 4.68. The van der Waals surface area contributed by atoms with E-state index in [1.54, 1.807) is 0 Å². The van der Waals surface area contributed by atoms with Crippen LogP contribution >= 0.6 is 0 Å². The Labute approximate surface area is 82.6 Å². The highest BCUT2D eigenvalue weighted by Crippen LogP contribution is 2.53. The summed E-state index contributed by atoms with van der Waals surface area (Å²) in [5.74, 6) is 1.63. The molecule has 0 aromatic heterocycles. The van der Waals surface area contributed by atoms with Gasteiger partial charge in [0.25, 0.3) is 0 Å². The fourth-order valence-corrected chi connectivity index (χ4v) is 2.86. The van der Waals surface area contributed by atoms with Gasteiger partial charge in [-0.2, -0.15) is 0 Å². The Morgan fingerprint density at radius 3 is 2.50 bits per heavy atom. The number of amides is 3. The van der Waals surface area contributed by atoms with Gasteiger partial charge in [0, 0.05) is 19.0 Å². The molecule has 3 amide bonds. The van der Waals surface area contributed by atoms with Crippen molar-refractivity contribution < 1.29 is 9.59 Å². The molecule has 14 heavy (non-hydrogen) atoms. The highest BCUT2D eigenvalue weighted by atomic mass is 16.2. The van der Waals surface area contributed by atoms with Crippen molar-refractivity contribution in [3.63, 3.8) is 0 Å². The molecule has 76 valence electrons. The zero-order chi connectivity index (χ0) is 9.71. The molecular formula is C10H14N2O2. The quantitative estimate of drug-likeness (QED) is 0.669. The molecule has 0 aromatic rings. The van der Waals surface area contributed by atoms with Crippen LogP contribution in [0.5, 0.6) is 0 Å². The van der Waals surface area contributed by atoms with E-state index in [1.807, 2.05) is 4.90 Å². The molecular weight excluding hydrogens is 180 g/mol. The van der Waals surface area contributed by atoms with Crippen molar-refractivity contribution in [1.29, 1.82) is 0 Å². The van der Waals surface area contributed by atoms with Crippen molar-refractivity contribution in [2.45, 2.75) is 31.7 Å². The Bertz CT molecular complexity index is 292. The summed E-state index contributed by atoms with van der Waals surface area (Å²) in [4.78, 5) is 24.3. The number of imide groups is 1. The number of nitrogens with zero attached hydrogens (tertiary/aromatic N) is 1. The van der Waals surface area contributed by atoms with Crippen LogP contribution in [0.3, 0.4) is 0 Å². The molecule has 1 saturated heterocycles. The van der Waals surface area contributed by atoms with E-state index in [4.69, 9.17) is 0 Å². The minimum absolute atomic E-state index is 0.130. The monoisotopic (exact) mass is 194 g/mol. The molecule has 0 spiro atoms. The smallest absolute Gasteiger partial charge is 0.321 e. The lowest BCUT2D eigenvalue weighted by atomic mass is 10.1. The van der Waals surface area contributed by atoms with Gasteiger partial charge in [0.05, 0.1) is 0 Å². The van der Waals surface area contributed by atoms with Crippen molar-refractivity contribution >= 4 is 11.9 Å². The number of carbonyl (C=O) groups is 2. The Hall–Kier alpha value is -1.06. The van der Waals surface area contributed by atoms with Crippen LogP contribution in [-0.4, -0.2) is 29.4 Å². The summed E-state index contributed by atoms with van der Waals surface area (Å²) < 4.78 is 0. The van der Waals surface area contributed by atoms with Gasteiger partial charge in [-0.25, -0.2) is 4.79 Å². The van der Waals surface area contributed by atoms with Crippen molar-refractivity contribution in [2.24, 2.45) is 11.8 Å². The second-order valence-corrected chi connectivity index (χ2v) is 4.68. The molecule has 4 heteroatoms. The molecule has 1 aliphatic heterocycles. The van der Waals surface area contributed by atoms with Crippen LogP contribution in [-0.2, 0) is 4.79 Å². The molecule has 2 aliphatic carbocycles. The van der Waals surface area contributed by atoms with Crippen LogP contribution in [0.25, 0.3) is 0 Å². The number of hydrogen-bond donors (Lipinski definition) is 1. The van der Waals surface area contributed by atoms with Gasteiger partial charge in [-0.3, -0.25) is 10.1 Å². The Morgan fingerprint density at radius 2 is 1.86 bits per heavy atom. The van der Waals surface area contributed by atoms with E-state index in [0.29, 0.717) is 19.0 Å². The predicted octanol–water partition coefficient (Wildman–Crippen LogP) is 0.727. The SMILES string of the molecule is O=C1CCN(C2CC3CC3C2)C(=O)N1. The fraction of sp³-hybridized carbons (Fsp3) is 0.800. The van der Waals surface area contributed by atoms with Gasteiger partial charge in [-0.05, 0) is 31.1 Å². The third-order valence-corrected chi connectivity index (χ3v) is 3.75. The van der Waals surface area contributed by atoms with Gasteiger partial charge in [-0.15, -0.1) is 0 Å². The Morgan fingerprint density at radius 1 is 1.14 bits per heavy atom. The summed E-state index contributed by atoms with van der Waals surface area (Å²) in [6.45, 7) is 0.620. The summed E-state index contributed by atoms with van der Waals surface area (Å²) in [7, 11) is 0. The van der Waals surface area contributed by atoms with Crippen LogP contribution in [0, 0.1) is 11.8 Å². The van der Waals surface area contributed by atoms with E-state index in [0.717, 1.165) is 24.7 Å². The number of urea groups is 1. The van der Waals surface area contributed by atoms with E-state index >= 15 is 0 Å². The molecule has 3 rings (SSSR count). The first-order chi connectivity index (χ1) is 6.74. The molecule has 1 heterocycles. The lowest BCUT2D eigenvalue weighted by Gasteiger charge is -2.32. The van der Waals surface area contributed by atoms with Gasteiger partial charge >= 0.3 is 6.03 Å². The summed E-state index contributed by atoms with van der Waals surface area (Å²) >= 11 is 0. The number of hydrogen-bond acceptors (Lipinski definition) is 2. The molecule has 3 aliphatic rings. The summed E-state index contributed by atoms with van der Waals surface area (Å²) in [6.07, 6.45) is 4.15. The van der Waals surface area contributed by atoms with Crippen molar-refractivity contribution in [3.8, 4) is 0 Å². The minimum atomic E-state index is -0.174. The fourth-order valence-electron chi connectivity index (χ4n) is 2.86. The first-order valence-corrected chi connectivity index (χ1v) is 5.34. The highest BCUT2D eigenvalue weighted by Gasteiger charge is 2.48. The maximum Gasteiger partial charge on any atom is 0.324 e. The Balaban J connectivity index is 1.67. The number of carbonyl (C=O) groups excluding carboxylic acids is 2. The third kappa shape index (κ3) is 1.21. The van der Waals surface area contributed by atoms with E-state index in [1.165, 1.54) is 6.42 Å². The summed E-state index contributed by atoms with van der Waals surface area (Å²) in [6, 6.07) is 0.236. The Kier molecular flexibility index (Phi) is 1.60. The summed E-state index contributed by atoms with van der Waals surface area (Å²) in [5.41, 5.74) is 0. The van der Waals surface area contributed by atoms with Crippen LogP contribution in [0.2, 0.25) is 0 Å². The van der Waals surface area contributed by atoms with Gasteiger partial charge < -0.3 is 4.90 Å². The lowest BCUT2D eigenvalue weighted by Crippen LogP contribution is -2.53. The average Bonchev–Trinajstić information content (AvgIpc) is 2.74. The minimum Gasteiger partial charge on any atom is -0.321 e. The summed E-state index contributed by atoms with van der Waals surface area (Å²) in [5, 5.41) is 2.38. The molecule has 0 bridgehead atoms. The van der Waals surface area contributed by atoms with Crippen LogP contribution in [0.1, 0.15) is 25.7 Å². The maximum atomic E-state index is 11.5. The number of rotatable bonds is 1. The van der Waals surface area contributed by atoms with E-state index in [9.17, 15) is 9.59 Å². The standard InChI is InChI=1S/C10H14N2O2/c13-9-1-2-12(10(14)11-9)8-4-6-3-7(6)5-8/h6-8H,1-5H2,(H,11,13,14). The third-order valence-electron chi connectivity index (χ3n) is 3.75. The molecule has 2 unspecified atom stereocenters. The molecule has 4 nitrogen and oxygen atoms in total. The van der Waals surface area contributed by atoms with Crippen LogP contribution < -0.4 is 5.32 Å². The first kappa shape index (κ1) is 8.26. The molecule has 2 atom stereocenters. The van der Waals surface area contributed by atoms with Gasteiger partial charge in [-0.1, -0.05) is 0 Å². The average molecular weight is 194 g/mol. The predicted molar refractivity (Wildman–Crippen MR) is 49.5 cm³/mol. The van der Waals surface area contributed by atoms with Crippen molar-refractivity contribution in [1.82, 2.24) is 10.2 Å². The van der Waals surface area contributed by atoms with Gasteiger partial charge in [0.15, 0.2) is 0 Å². The number of fused-ring (bicyclic) bond motifs is 1. The van der Waals surface area contributed by atoms with E-state index in [-0.39, 0.29) is 11.9 Å². The van der Waals surface area contributed by atoms with Crippen molar-refractivity contribution in [3.05, 3.63) is 0 Å². The second kappa shape index (κ2) is 2.72. The normalized spacial score (nSPS) is 40.9. The highest BCUT2D eigenvalue weighted by molar-refractivity contribution is 5.96. The zero-order valence-corrected chi connectivity index (χ0v) is 8.03. The van der Waals surface area contributed by atoms with Crippen LogP contribution in [0.4, 0.5) is 4.79 Å². The number of nitrogens with one attached hydrogen (secondary N) is 1. The zero-order valence-electron chi connectivity index (χ0n) is 8.03. The van der Waals surface area contributed by atoms with Gasteiger partial charge in [0.1, 0.15) is 0 Å². The topological polar surface area (TPSA) is 49.4 Å². The van der Waals surface area contributed by atoms with E-state index in [2.05, 4.69) is 5.32 Å². The lowest BCUT2D eigenvalue weighted by molar-refractivity contribution is -0.121. The molecule has 0 aromatic carbocycles. The molecule has 1 N–H and O–H groups in total.